The summed E-state index contributed by atoms with van der Waals surface area (Å²) in [6, 6.07) is 16.1. The molecule has 2 aliphatic rings. The van der Waals surface area contributed by atoms with Crippen LogP contribution in [0.25, 0.3) is 10.2 Å². The SMILES string of the molecule is COc1ccc2sc(OC3CCN(C(=O)C4(c5ccccc5)CCOCC4)CC3)nc2c1. The lowest BCUT2D eigenvalue weighted by Gasteiger charge is -2.42. The van der Waals surface area contributed by atoms with Crippen molar-refractivity contribution in [2.45, 2.75) is 37.2 Å². The lowest BCUT2D eigenvalue weighted by molar-refractivity contribution is -0.143. The van der Waals surface area contributed by atoms with Crippen LogP contribution < -0.4 is 9.47 Å². The van der Waals surface area contributed by atoms with Crippen LogP contribution in [-0.2, 0) is 14.9 Å². The molecule has 32 heavy (non-hydrogen) atoms. The highest BCUT2D eigenvalue weighted by molar-refractivity contribution is 7.20. The summed E-state index contributed by atoms with van der Waals surface area (Å²) in [5, 5.41) is 0.684. The molecule has 3 aromatic rings. The minimum atomic E-state index is -0.473. The van der Waals surface area contributed by atoms with Crippen LogP contribution >= 0.6 is 11.3 Å². The summed E-state index contributed by atoms with van der Waals surface area (Å²) in [7, 11) is 1.66. The number of ether oxygens (including phenoxy) is 3. The fourth-order valence-corrected chi connectivity index (χ4v) is 5.65. The minimum absolute atomic E-state index is 0.0730. The number of benzene rings is 2. The molecule has 0 atom stereocenters. The van der Waals surface area contributed by atoms with Gasteiger partial charge in [-0.1, -0.05) is 41.7 Å². The number of nitrogens with zero attached hydrogens (tertiary/aromatic N) is 2. The van der Waals surface area contributed by atoms with Crippen molar-refractivity contribution in [3.8, 4) is 10.9 Å². The average molecular weight is 453 g/mol. The monoisotopic (exact) mass is 452 g/mol. The van der Waals surface area contributed by atoms with Crippen LogP contribution in [0.5, 0.6) is 10.9 Å². The Morgan fingerprint density at radius 1 is 1.12 bits per heavy atom. The van der Waals surface area contributed by atoms with E-state index in [9.17, 15) is 4.79 Å². The first kappa shape index (κ1) is 21.2. The standard InChI is InChI=1S/C25H28N2O4S/c1-29-20-7-8-22-21(17-20)26-24(32-22)31-19-9-13-27(14-10-19)23(28)25(11-15-30-16-12-25)18-5-3-2-4-6-18/h2-8,17,19H,9-16H2,1H3. The van der Waals surface area contributed by atoms with Gasteiger partial charge >= 0.3 is 0 Å². The molecule has 3 heterocycles. The van der Waals surface area contributed by atoms with Crippen LogP contribution in [-0.4, -0.2) is 55.3 Å². The average Bonchev–Trinajstić information content (AvgIpc) is 3.26. The van der Waals surface area contributed by atoms with Crippen LogP contribution in [0.15, 0.2) is 48.5 Å². The summed E-state index contributed by atoms with van der Waals surface area (Å²) in [4.78, 5) is 20.4. The number of piperidine rings is 1. The Bertz CT molecular complexity index is 1070. The minimum Gasteiger partial charge on any atom is -0.497 e. The molecular formula is C25H28N2O4S. The molecule has 2 aromatic carbocycles. The van der Waals surface area contributed by atoms with E-state index in [2.05, 4.69) is 17.1 Å². The Labute approximate surface area is 192 Å². The molecule has 1 amide bonds. The Hall–Kier alpha value is -2.64. The zero-order valence-corrected chi connectivity index (χ0v) is 19.1. The molecule has 0 unspecified atom stereocenters. The molecule has 0 N–H and O–H groups in total. The molecule has 2 fully saturated rings. The maximum atomic E-state index is 13.7. The summed E-state index contributed by atoms with van der Waals surface area (Å²) in [6.07, 6.45) is 3.17. The second kappa shape index (κ2) is 9.08. The van der Waals surface area contributed by atoms with Gasteiger partial charge in [0, 0.05) is 45.2 Å². The maximum absolute atomic E-state index is 13.7. The number of rotatable bonds is 5. The van der Waals surface area contributed by atoms with E-state index in [1.54, 1.807) is 18.4 Å². The third kappa shape index (κ3) is 4.07. The van der Waals surface area contributed by atoms with Gasteiger partial charge in [-0.25, -0.2) is 4.98 Å². The smallest absolute Gasteiger partial charge is 0.274 e. The molecule has 0 bridgehead atoms. The van der Waals surface area contributed by atoms with Gasteiger partial charge in [0.25, 0.3) is 5.19 Å². The summed E-state index contributed by atoms with van der Waals surface area (Å²) in [6.45, 7) is 2.67. The van der Waals surface area contributed by atoms with E-state index >= 15 is 0 Å². The number of fused-ring (bicyclic) bond motifs is 1. The molecule has 0 saturated carbocycles. The molecule has 2 saturated heterocycles. The number of aromatic nitrogens is 1. The fourth-order valence-electron chi connectivity index (χ4n) is 4.79. The Balaban J connectivity index is 1.25. The highest BCUT2D eigenvalue weighted by Gasteiger charge is 2.44. The second-order valence-corrected chi connectivity index (χ2v) is 9.48. The maximum Gasteiger partial charge on any atom is 0.274 e. The fraction of sp³-hybridized carbons (Fsp3) is 0.440. The van der Waals surface area contributed by atoms with E-state index in [0.29, 0.717) is 31.5 Å². The molecule has 6 nitrogen and oxygen atoms in total. The summed E-state index contributed by atoms with van der Waals surface area (Å²) >= 11 is 1.55. The third-order valence-corrected chi connectivity index (χ3v) is 7.58. The lowest BCUT2D eigenvalue weighted by atomic mass is 9.72. The number of thiazole rings is 1. The first-order chi connectivity index (χ1) is 15.7. The third-order valence-electron chi connectivity index (χ3n) is 6.65. The second-order valence-electron chi connectivity index (χ2n) is 8.48. The predicted octanol–water partition coefficient (Wildman–Crippen LogP) is 4.42. The zero-order chi connectivity index (χ0) is 22.0. The van der Waals surface area contributed by atoms with E-state index in [1.165, 1.54) is 0 Å². The van der Waals surface area contributed by atoms with Crippen molar-refractivity contribution < 1.29 is 19.0 Å². The van der Waals surface area contributed by atoms with Gasteiger partial charge in [-0.2, -0.15) is 0 Å². The van der Waals surface area contributed by atoms with Crippen molar-refractivity contribution in [2.24, 2.45) is 0 Å². The highest BCUT2D eigenvalue weighted by atomic mass is 32.1. The van der Waals surface area contributed by atoms with Gasteiger partial charge < -0.3 is 19.1 Å². The first-order valence-corrected chi connectivity index (χ1v) is 12.0. The molecule has 7 heteroatoms. The van der Waals surface area contributed by atoms with Crippen LogP contribution in [0, 0.1) is 0 Å². The molecule has 0 radical (unpaired) electrons. The summed E-state index contributed by atoms with van der Waals surface area (Å²) in [5.41, 5.74) is 1.53. The summed E-state index contributed by atoms with van der Waals surface area (Å²) < 4.78 is 18.2. The molecule has 0 aliphatic carbocycles. The van der Waals surface area contributed by atoms with Gasteiger partial charge in [-0.05, 0) is 30.5 Å². The topological polar surface area (TPSA) is 60.9 Å². The molecule has 168 valence electrons. The molecule has 1 aromatic heterocycles. The van der Waals surface area contributed by atoms with E-state index in [4.69, 9.17) is 14.2 Å². The van der Waals surface area contributed by atoms with E-state index < -0.39 is 5.41 Å². The number of carbonyl (C=O) groups is 1. The number of methoxy groups -OCH3 is 1. The van der Waals surface area contributed by atoms with Gasteiger partial charge in [0.15, 0.2) is 0 Å². The largest absolute Gasteiger partial charge is 0.497 e. The first-order valence-electron chi connectivity index (χ1n) is 11.2. The number of amides is 1. The van der Waals surface area contributed by atoms with Crippen molar-refractivity contribution in [1.82, 2.24) is 9.88 Å². The molecule has 5 rings (SSSR count). The Morgan fingerprint density at radius 2 is 1.88 bits per heavy atom. The number of carbonyl (C=O) groups excluding carboxylic acids is 1. The van der Waals surface area contributed by atoms with Crippen molar-refractivity contribution >= 4 is 27.5 Å². The van der Waals surface area contributed by atoms with Gasteiger partial charge in [-0.15, -0.1) is 0 Å². The van der Waals surface area contributed by atoms with Gasteiger partial charge in [0.2, 0.25) is 5.91 Å². The lowest BCUT2D eigenvalue weighted by Crippen LogP contribution is -2.53. The van der Waals surface area contributed by atoms with Crippen molar-refractivity contribution in [2.75, 3.05) is 33.4 Å². The van der Waals surface area contributed by atoms with E-state index in [-0.39, 0.29) is 12.0 Å². The van der Waals surface area contributed by atoms with Gasteiger partial charge in [0.05, 0.1) is 22.7 Å². The van der Waals surface area contributed by atoms with Crippen molar-refractivity contribution in [3.63, 3.8) is 0 Å². The van der Waals surface area contributed by atoms with Crippen molar-refractivity contribution in [3.05, 3.63) is 54.1 Å². The predicted molar refractivity (Wildman–Crippen MR) is 125 cm³/mol. The summed E-state index contributed by atoms with van der Waals surface area (Å²) in [5.74, 6) is 1.03. The van der Waals surface area contributed by atoms with Crippen LogP contribution in [0.1, 0.15) is 31.2 Å². The number of hydrogen-bond acceptors (Lipinski definition) is 6. The van der Waals surface area contributed by atoms with Gasteiger partial charge in [-0.3, -0.25) is 4.79 Å². The highest BCUT2D eigenvalue weighted by Crippen LogP contribution is 2.38. The molecule has 0 spiro atoms. The van der Waals surface area contributed by atoms with E-state index in [0.717, 1.165) is 47.2 Å². The van der Waals surface area contributed by atoms with Gasteiger partial charge in [0.1, 0.15) is 11.9 Å². The van der Waals surface area contributed by atoms with E-state index in [1.807, 2.05) is 41.3 Å². The Kier molecular flexibility index (Phi) is 6.02. The number of hydrogen-bond donors (Lipinski definition) is 0. The van der Waals surface area contributed by atoms with Crippen LogP contribution in [0.3, 0.4) is 0 Å². The molecule has 2 aliphatic heterocycles. The molecular weight excluding hydrogens is 424 g/mol. The normalized spacial score (nSPS) is 19.1. The van der Waals surface area contributed by atoms with Crippen molar-refractivity contribution in [1.29, 1.82) is 0 Å². The quantitative estimate of drug-likeness (QED) is 0.573. The van der Waals surface area contributed by atoms with Crippen LogP contribution in [0.4, 0.5) is 0 Å². The Morgan fingerprint density at radius 3 is 2.59 bits per heavy atom. The number of likely N-dealkylation sites (tertiary alicyclic amines) is 1. The zero-order valence-electron chi connectivity index (χ0n) is 18.3. The van der Waals surface area contributed by atoms with Crippen LogP contribution in [0.2, 0.25) is 0 Å².